The van der Waals surface area contributed by atoms with Crippen molar-refractivity contribution in [3.63, 3.8) is 0 Å². The minimum absolute atomic E-state index is 0.0956. The molecule has 0 unspecified atom stereocenters. The van der Waals surface area contributed by atoms with E-state index in [0.29, 0.717) is 0 Å². The van der Waals surface area contributed by atoms with Gasteiger partial charge in [0.1, 0.15) is 11.4 Å². The summed E-state index contributed by atoms with van der Waals surface area (Å²) < 4.78 is 4.97. The highest BCUT2D eigenvalue weighted by Crippen LogP contribution is 2.13. The number of nitrogens with one attached hydrogen (secondary N) is 1. The number of aromatic nitrogens is 1. The molecule has 6 nitrogen and oxygen atoms in total. The number of carbonyl (C=O) groups is 2. The first-order chi connectivity index (χ1) is 7.79. The number of hydrogen-bond acceptors (Lipinski definition) is 5. The van der Waals surface area contributed by atoms with Crippen molar-refractivity contribution >= 4 is 17.9 Å². The van der Waals surface area contributed by atoms with E-state index in [2.05, 4.69) is 10.3 Å². The largest absolute Gasteiger partial charge is 0.545 e. The third kappa shape index (κ3) is 4.10. The second kappa shape index (κ2) is 4.82. The highest BCUT2D eigenvalue weighted by Gasteiger charge is 2.17. The van der Waals surface area contributed by atoms with Crippen molar-refractivity contribution in [3.05, 3.63) is 23.9 Å². The zero-order valence-corrected chi connectivity index (χ0v) is 9.81. The maximum absolute atomic E-state index is 11.4. The maximum Gasteiger partial charge on any atom is 0.413 e. The van der Waals surface area contributed by atoms with Gasteiger partial charge in [0.25, 0.3) is 0 Å². The van der Waals surface area contributed by atoms with E-state index in [1.54, 1.807) is 20.8 Å². The van der Waals surface area contributed by atoms with Gasteiger partial charge in [-0.25, -0.2) is 9.78 Å². The van der Waals surface area contributed by atoms with E-state index in [-0.39, 0.29) is 11.4 Å². The first-order valence-corrected chi connectivity index (χ1v) is 4.96. The molecule has 1 N–H and O–H groups in total. The Morgan fingerprint density at radius 3 is 2.59 bits per heavy atom. The molecule has 0 fully saturated rings. The monoisotopic (exact) mass is 237 g/mol. The second-order valence-corrected chi connectivity index (χ2v) is 4.31. The van der Waals surface area contributed by atoms with Gasteiger partial charge in [-0.1, -0.05) is 0 Å². The van der Waals surface area contributed by atoms with Gasteiger partial charge >= 0.3 is 6.09 Å². The van der Waals surface area contributed by atoms with Crippen molar-refractivity contribution in [1.82, 2.24) is 4.98 Å². The van der Waals surface area contributed by atoms with E-state index in [1.165, 1.54) is 18.3 Å². The summed E-state index contributed by atoms with van der Waals surface area (Å²) in [6.07, 6.45) is 0.595. The average molecular weight is 237 g/mol. The Bertz CT molecular complexity index is 437. The molecule has 0 aliphatic heterocycles. The van der Waals surface area contributed by atoms with Gasteiger partial charge in [0, 0.05) is 11.8 Å². The Labute approximate surface area is 98.6 Å². The van der Waals surface area contributed by atoms with E-state index in [1.807, 2.05) is 0 Å². The first kappa shape index (κ1) is 13.0. The van der Waals surface area contributed by atoms with Gasteiger partial charge in [0.15, 0.2) is 0 Å². The lowest BCUT2D eigenvalue weighted by Crippen LogP contribution is -2.29. The SMILES string of the molecule is CC(C)(C)OC(=O)Nc1ncccc1C(=O)[O-]. The number of ether oxygens (including phenoxy) is 1. The van der Waals surface area contributed by atoms with E-state index in [4.69, 9.17) is 4.74 Å². The molecule has 1 aromatic rings. The molecule has 0 saturated heterocycles. The van der Waals surface area contributed by atoms with Gasteiger partial charge in [0.2, 0.25) is 0 Å². The smallest absolute Gasteiger partial charge is 0.413 e. The third-order valence-electron chi connectivity index (χ3n) is 1.65. The quantitative estimate of drug-likeness (QED) is 0.821. The van der Waals surface area contributed by atoms with Crippen molar-refractivity contribution in [3.8, 4) is 0 Å². The molecule has 0 aliphatic rings. The lowest BCUT2D eigenvalue weighted by molar-refractivity contribution is -0.254. The lowest BCUT2D eigenvalue weighted by atomic mass is 10.2. The molecule has 1 aromatic heterocycles. The fraction of sp³-hybridized carbons (Fsp3) is 0.364. The number of nitrogens with zero attached hydrogens (tertiary/aromatic N) is 1. The van der Waals surface area contributed by atoms with Gasteiger partial charge in [-0.3, -0.25) is 5.32 Å². The van der Waals surface area contributed by atoms with Crippen LogP contribution in [0.1, 0.15) is 31.1 Å². The molecule has 0 aliphatic carbocycles. The molecule has 0 aromatic carbocycles. The molecule has 0 radical (unpaired) electrons. The van der Waals surface area contributed by atoms with Crippen molar-refractivity contribution in [1.29, 1.82) is 0 Å². The van der Waals surface area contributed by atoms with Gasteiger partial charge < -0.3 is 14.6 Å². The molecule has 0 spiro atoms. The summed E-state index contributed by atoms with van der Waals surface area (Å²) >= 11 is 0. The van der Waals surface area contributed by atoms with Gasteiger partial charge in [-0.2, -0.15) is 0 Å². The zero-order chi connectivity index (χ0) is 13.1. The Balaban J connectivity index is 2.82. The van der Waals surface area contributed by atoms with E-state index in [9.17, 15) is 14.7 Å². The summed E-state index contributed by atoms with van der Waals surface area (Å²) in [6.45, 7) is 5.10. The number of carbonyl (C=O) groups excluding carboxylic acids is 2. The number of carboxylic acid groups (broad SMARTS) is 1. The van der Waals surface area contributed by atoms with Crippen LogP contribution in [0.15, 0.2) is 18.3 Å². The number of aromatic carboxylic acids is 1. The summed E-state index contributed by atoms with van der Waals surface area (Å²) in [5.74, 6) is -1.51. The highest BCUT2D eigenvalue weighted by molar-refractivity contribution is 5.96. The number of carboxylic acids is 1. The van der Waals surface area contributed by atoms with Gasteiger partial charge in [-0.15, -0.1) is 0 Å². The molecule has 92 valence electrons. The van der Waals surface area contributed by atoms with Crippen LogP contribution in [0.25, 0.3) is 0 Å². The first-order valence-electron chi connectivity index (χ1n) is 4.96. The van der Waals surface area contributed by atoms with Crippen LogP contribution in [0, 0.1) is 0 Å². The molecule has 1 amide bonds. The third-order valence-corrected chi connectivity index (χ3v) is 1.65. The molecular formula is C11H13N2O4-. The summed E-state index contributed by atoms with van der Waals surface area (Å²) in [6, 6.07) is 2.72. The minimum Gasteiger partial charge on any atom is -0.545 e. The van der Waals surface area contributed by atoms with Crippen LogP contribution in [0.4, 0.5) is 10.6 Å². The molecular weight excluding hydrogens is 224 g/mol. The molecule has 6 heteroatoms. The molecule has 1 rings (SSSR count). The van der Waals surface area contributed by atoms with Crippen molar-refractivity contribution in [2.45, 2.75) is 26.4 Å². The van der Waals surface area contributed by atoms with Crippen LogP contribution in [0.2, 0.25) is 0 Å². The zero-order valence-electron chi connectivity index (χ0n) is 9.81. The molecule has 17 heavy (non-hydrogen) atoms. The summed E-state index contributed by atoms with van der Waals surface area (Å²) in [5.41, 5.74) is -0.862. The highest BCUT2D eigenvalue weighted by atomic mass is 16.6. The van der Waals surface area contributed by atoms with Gasteiger partial charge in [0.05, 0.1) is 5.97 Å². The van der Waals surface area contributed by atoms with E-state index < -0.39 is 17.7 Å². The van der Waals surface area contributed by atoms with Crippen molar-refractivity contribution < 1.29 is 19.4 Å². The second-order valence-electron chi connectivity index (χ2n) is 4.31. The normalized spacial score (nSPS) is 10.8. The molecule has 1 heterocycles. The minimum atomic E-state index is -1.41. The van der Waals surface area contributed by atoms with Crippen molar-refractivity contribution in [2.24, 2.45) is 0 Å². The predicted octanol–water partition coefficient (Wildman–Crippen LogP) is 0.792. The van der Waals surface area contributed by atoms with Crippen LogP contribution >= 0.6 is 0 Å². The Hall–Kier alpha value is -2.11. The molecule has 0 atom stereocenters. The number of anilines is 1. The molecule has 0 bridgehead atoms. The van der Waals surface area contributed by atoms with E-state index in [0.717, 1.165) is 0 Å². The van der Waals surface area contributed by atoms with Crippen LogP contribution in [0.3, 0.4) is 0 Å². The lowest BCUT2D eigenvalue weighted by Gasteiger charge is -2.20. The Kier molecular flexibility index (Phi) is 3.67. The van der Waals surface area contributed by atoms with E-state index >= 15 is 0 Å². The summed E-state index contributed by atoms with van der Waals surface area (Å²) in [5, 5.41) is 13.0. The average Bonchev–Trinajstić information content (AvgIpc) is 2.14. The molecule has 0 saturated carbocycles. The van der Waals surface area contributed by atoms with Crippen LogP contribution in [0.5, 0.6) is 0 Å². The fourth-order valence-corrected chi connectivity index (χ4v) is 1.07. The number of rotatable bonds is 2. The summed E-state index contributed by atoms with van der Waals surface area (Å²) in [7, 11) is 0. The number of pyridine rings is 1. The van der Waals surface area contributed by atoms with Gasteiger partial charge in [-0.05, 0) is 32.9 Å². The number of amides is 1. The standard InChI is InChI=1S/C11H14N2O4/c1-11(2,3)17-10(16)13-8-7(9(14)15)5-4-6-12-8/h4-6H,1-3H3,(H,14,15)(H,12,13,16)/p-1. The number of hydrogen-bond donors (Lipinski definition) is 1. The van der Waals surface area contributed by atoms with Crippen molar-refractivity contribution in [2.75, 3.05) is 5.32 Å². The topological polar surface area (TPSA) is 91.3 Å². The predicted molar refractivity (Wildman–Crippen MR) is 58.4 cm³/mol. The maximum atomic E-state index is 11.4. The Morgan fingerprint density at radius 2 is 2.06 bits per heavy atom. The summed E-state index contributed by atoms with van der Waals surface area (Å²) in [4.78, 5) is 25.9. The van der Waals surface area contributed by atoms with Crippen LogP contribution < -0.4 is 10.4 Å². The van der Waals surface area contributed by atoms with Crippen LogP contribution in [-0.2, 0) is 4.74 Å². The fourth-order valence-electron chi connectivity index (χ4n) is 1.07. The van der Waals surface area contributed by atoms with Crippen LogP contribution in [-0.4, -0.2) is 22.6 Å². The Morgan fingerprint density at radius 1 is 1.41 bits per heavy atom.